The number of thiazole rings is 1. The topological polar surface area (TPSA) is 68.5 Å². The number of rotatable bonds is 6. The van der Waals surface area contributed by atoms with Crippen LogP contribution in [-0.4, -0.2) is 27.1 Å². The lowest BCUT2D eigenvalue weighted by Gasteiger charge is -2.09. The second kappa shape index (κ2) is 8.05. The van der Waals surface area contributed by atoms with Crippen LogP contribution >= 0.6 is 11.3 Å². The van der Waals surface area contributed by atoms with Gasteiger partial charge in [0.25, 0.3) is 11.9 Å². The van der Waals surface area contributed by atoms with Crippen LogP contribution in [0.25, 0.3) is 16.2 Å². The van der Waals surface area contributed by atoms with Gasteiger partial charge in [0.1, 0.15) is 5.75 Å². The van der Waals surface area contributed by atoms with E-state index in [2.05, 4.69) is 60.4 Å². The fraction of sp³-hybridized carbons (Fsp3) is 0.227. The highest BCUT2D eigenvalue weighted by Gasteiger charge is 2.15. The van der Waals surface area contributed by atoms with Crippen LogP contribution in [0.5, 0.6) is 5.75 Å². The maximum atomic E-state index is 12.6. The van der Waals surface area contributed by atoms with Gasteiger partial charge in [-0.05, 0) is 31.0 Å². The number of hydrogen-bond acceptors (Lipinski definition) is 5. The molecular weight excluding hydrogens is 384 g/mol. The average Bonchev–Trinajstić information content (AvgIpc) is 3.27. The van der Waals surface area contributed by atoms with E-state index in [0.29, 0.717) is 23.8 Å². The molecule has 2 aromatic heterocycles. The maximum absolute atomic E-state index is 12.6. The van der Waals surface area contributed by atoms with Crippen LogP contribution in [0, 0.1) is 12.8 Å². The van der Waals surface area contributed by atoms with Gasteiger partial charge in [-0.25, -0.2) is 4.52 Å². The second-order valence-electron chi connectivity index (χ2n) is 7.30. The molecule has 0 fully saturated rings. The van der Waals surface area contributed by atoms with Crippen molar-refractivity contribution in [3.63, 3.8) is 0 Å². The van der Waals surface area contributed by atoms with Gasteiger partial charge in [-0.2, -0.15) is 4.98 Å². The molecule has 4 rings (SSSR count). The van der Waals surface area contributed by atoms with Crippen molar-refractivity contribution in [2.75, 3.05) is 11.9 Å². The van der Waals surface area contributed by atoms with Gasteiger partial charge in [0, 0.05) is 16.5 Å². The average molecular weight is 407 g/mol. The third-order valence-electron chi connectivity index (χ3n) is 4.33. The summed E-state index contributed by atoms with van der Waals surface area (Å²) in [5, 5.41) is 9.27. The molecule has 1 N–H and O–H groups in total. The Kier molecular flexibility index (Phi) is 5.31. The molecule has 2 aromatic carbocycles. The molecule has 6 nitrogen and oxygen atoms in total. The number of anilines is 1. The van der Waals surface area contributed by atoms with Gasteiger partial charge < -0.3 is 4.74 Å². The fourth-order valence-electron chi connectivity index (χ4n) is 2.82. The number of benzene rings is 2. The number of ether oxygens (including phenoxy) is 1. The molecule has 0 atom stereocenters. The van der Waals surface area contributed by atoms with E-state index in [0.717, 1.165) is 16.2 Å². The number of aromatic nitrogens is 3. The molecule has 148 valence electrons. The Morgan fingerprint density at radius 3 is 2.76 bits per heavy atom. The van der Waals surface area contributed by atoms with Crippen molar-refractivity contribution in [1.82, 2.24) is 14.6 Å². The van der Waals surface area contributed by atoms with E-state index in [-0.39, 0.29) is 11.9 Å². The summed E-state index contributed by atoms with van der Waals surface area (Å²) in [5.41, 5.74) is 3.70. The molecule has 1 amide bonds. The molecule has 0 unspecified atom stereocenters. The van der Waals surface area contributed by atoms with Gasteiger partial charge in [0.05, 0.1) is 12.3 Å². The Balaban J connectivity index is 1.53. The highest BCUT2D eigenvalue weighted by molar-refractivity contribution is 7.15. The van der Waals surface area contributed by atoms with Gasteiger partial charge in [-0.15, -0.1) is 16.4 Å². The first kappa shape index (κ1) is 19.1. The number of nitrogens with one attached hydrogen (secondary N) is 1. The minimum Gasteiger partial charge on any atom is -0.493 e. The summed E-state index contributed by atoms with van der Waals surface area (Å²) in [6, 6.07) is 15.4. The summed E-state index contributed by atoms with van der Waals surface area (Å²) < 4.78 is 7.46. The van der Waals surface area contributed by atoms with Crippen LogP contribution in [0.3, 0.4) is 0 Å². The minimum absolute atomic E-state index is 0.268. The van der Waals surface area contributed by atoms with Crippen molar-refractivity contribution in [1.29, 1.82) is 0 Å². The van der Waals surface area contributed by atoms with Crippen LogP contribution in [0.2, 0.25) is 0 Å². The van der Waals surface area contributed by atoms with Gasteiger partial charge in [-0.1, -0.05) is 49.7 Å². The number of carbonyl (C=O) groups is 1. The largest absolute Gasteiger partial charge is 0.493 e. The maximum Gasteiger partial charge on any atom is 0.258 e. The predicted molar refractivity (Wildman–Crippen MR) is 116 cm³/mol. The van der Waals surface area contributed by atoms with E-state index in [4.69, 9.17) is 4.74 Å². The molecule has 2 heterocycles. The van der Waals surface area contributed by atoms with E-state index >= 15 is 0 Å². The first-order chi connectivity index (χ1) is 14.0. The standard InChI is InChI=1S/C22H22N4O2S/c1-14(2)12-28-18-6-4-5-17(11-18)20(27)23-21-24-22-26(25-21)19(13-29-22)16-9-7-15(3)8-10-16/h4-11,13-14H,12H2,1-3H3,(H,23,25,27). The van der Waals surface area contributed by atoms with Crippen LogP contribution in [-0.2, 0) is 0 Å². The highest BCUT2D eigenvalue weighted by atomic mass is 32.1. The number of hydrogen-bond donors (Lipinski definition) is 1. The molecule has 0 aliphatic carbocycles. The molecule has 0 bridgehead atoms. The van der Waals surface area contributed by atoms with Crippen molar-refractivity contribution >= 4 is 28.2 Å². The molecule has 0 aliphatic heterocycles. The van der Waals surface area contributed by atoms with E-state index < -0.39 is 0 Å². The second-order valence-corrected chi connectivity index (χ2v) is 8.14. The lowest BCUT2D eigenvalue weighted by Crippen LogP contribution is -2.13. The van der Waals surface area contributed by atoms with Gasteiger partial charge >= 0.3 is 0 Å². The third-order valence-corrected chi connectivity index (χ3v) is 5.15. The molecule has 0 spiro atoms. The Hall–Kier alpha value is -3.19. The van der Waals surface area contributed by atoms with E-state index in [1.807, 2.05) is 11.4 Å². The third kappa shape index (κ3) is 4.30. The summed E-state index contributed by atoms with van der Waals surface area (Å²) in [4.78, 5) is 17.8. The number of amides is 1. The number of nitrogens with zero attached hydrogens (tertiary/aromatic N) is 3. The van der Waals surface area contributed by atoms with Crippen molar-refractivity contribution in [2.45, 2.75) is 20.8 Å². The molecule has 4 aromatic rings. The van der Waals surface area contributed by atoms with Gasteiger partial charge in [0.2, 0.25) is 4.96 Å². The van der Waals surface area contributed by atoms with E-state index in [1.54, 1.807) is 22.7 Å². The smallest absolute Gasteiger partial charge is 0.258 e. The van der Waals surface area contributed by atoms with Crippen LogP contribution in [0.4, 0.5) is 5.95 Å². The summed E-state index contributed by atoms with van der Waals surface area (Å²) in [7, 11) is 0. The summed E-state index contributed by atoms with van der Waals surface area (Å²) in [6.07, 6.45) is 0. The monoisotopic (exact) mass is 406 g/mol. The lowest BCUT2D eigenvalue weighted by molar-refractivity contribution is 0.102. The van der Waals surface area contributed by atoms with E-state index in [1.165, 1.54) is 16.9 Å². The van der Waals surface area contributed by atoms with Crippen molar-refractivity contribution in [3.05, 3.63) is 65.0 Å². The van der Waals surface area contributed by atoms with Gasteiger partial charge in [-0.3, -0.25) is 10.1 Å². The summed E-state index contributed by atoms with van der Waals surface area (Å²) in [5.74, 6) is 1.10. The highest BCUT2D eigenvalue weighted by Crippen LogP contribution is 2.26. The first-order valence-corrected chi connectivity index (χ1v) is 10.3. The number of fused-ring (bicyclic) bond motifs is 1. The fourth-order valence-corrected chi connectivity index (χ4v) is 3.65. The molecule has 0 aliphatic rings. The number of aryl methyl sites for hydroxylation is 1. The number of carbonyl (C=O) groups excluding carboxylic acids is 1. The zero-order valence-electron chi connectivity index (χ0n) is 16.5. The van der Waals surface area contributed by atoms with Crippen LogP contribution in [0.1, 0.15) is 29.8 Å². The van der Waals surface area contributed by atoms with Crippen molar-refractivity contribution in [2.24, 2.45) is 5.92 Å². The SMILES string of the molecule is Cc1ccc(-c2csc3nc(NC(=O)c4cccc(OCC(C)C)c4)nn23)cc1. The summed E-state index contributed by atoms with van der Waals surface area (Å²) in [6.45, 7) is 6.82. The molecule has 7 heteroatoms. The van der Waals surface area contributed by atoms with Crippen molar-refractivity contribution < 1.29 is 9.53 Å². The van der Waals surface area contributed by atoms with Crippen LogP contribution < -0.4 is 10.1 Å². The Morgan fingerprint density at radius 1 is 1.21 bits per heavy atom. The first-order valence-electron chi connectivity index (χ1n) is 9.45. The van der Waals surface area contributed by atoms with Crippen LogP contribution in [0.15, 0.2) is 53.9 Å². The molecular formula is C22H22N4O2S. The summed E-state index contributed by atoms with van der Waals surface area (Å²) >= 11 is 1.49. The van der Waals surface area contributed by atoms with Crippen molar-refractivity contribution in [3.8, 4) is 17.0 Å². The zero-order chi connectivity index (χ0) is 20.4. The Bertz CT molecular complexity index is 1150. The Labute approximate surface area is 173 Å². The predicted octanol–water partition coefficient (Wildman–Crippen LogP) is 5.05. The zero-order valence-corrected chi connectivity index (χ0v) is 17.4. The normalized spacial score (nSPS) is 11.2. The molecule has 0 saturated carbocycles. The molecule has 0 radical (unpaired) electrons. The molecule has 0 saturated heterocycles. The van der Waals surface area contributed by atoms with Gasteiger partial charge in [0.15, 0.2) is 0 Å². The molecule has 29 heavy (non-hydrogen) atoms. The lowest BCUT2D eigenvalue weighted by atomic mass is 10.1. The minimum atomic E-state index is -0.268. The van der Waals surface area contributed by atoms with E-state index in [9.17, 15) is 4.79 Å². The Morgan fingerprint density at radius 2 is 2.00 bits per heavy atom. The quantitative estimate of drug-likeness (QED) is 0.486.